The second-order valence-electron chi connectivity index (χ2n) is 9.68. The number of hydroxylamine groups is 1. The van der Waals surface area contributed by atoms with E-state index in [0.29, 0.717) is 24.5 Å². The summed E-state index contributed by atoms with van der Waals surface area (Å²) in [6.45, 7) is 6.86. The first-order valence-corrected chi connectivity index (χ1v) is 13.0. The van der Waals surface area contributed by atoms with Gasteiger partial charge in [0.05, 0.1) is 24.2 Å². The topological polar surface area (TPSA) is 68.3 Å². The van der Waals surface area contributed by atoms with Crippen molar-refractivity contribution >= 4 is 23.2 Å². The van der Waals surface area contributed by atoms with E-state index in [0.717, 1.165) is 31.4 Å². The molecular formula is C29H34N2O5. The van der Waals surface area contributed by atoms with Crippen LogP contribution in [0.3, 0.4) is 0 Å². The molecule has 2 saturated heterocycles. The lowest BCUT2D eigenvalue weighted by Crippen LogP contribution is -2.56. The Hall–Kier alpha value is -3.32. The van der Waals surface area contributed by atoms with Crippen LogP contribution in [0.15, 0.2) is 66.4 Å². The third-order valence-corrected chi connectivity index (χ3v) is 7.62. The lowest BCUT2D eigenvalue weighted by atomic mass is 9.76. The van der Waals surface area contributed by atoms with Crippen LogP contribution in [0.5, 0.6) is 5.75 Å². The first-order valence-electron chi connectivity index (χ1n) is 13.0. The summed E-state index contributed by atoms with van der Waals surface area (Å²) >= 11 is 0. The Morgan fingerprint density at radius 1 is 0.972 bits per heavy atom. The number of carbonyl (C=O) groups is 2. The van der Waals surface area contributed by atoms with Gasteiger partial charge >= 0.3 is 0 Å². The summed E-state index contributed by atoms with van der Waals surface area (Å²) in [5.41, 5.74) is 1.93. The first-order chi connectivity index (χ1) is 17.5. The predicted octanol–water partition coefficient (Wildman–Crippen LogP) is 5.41. The largest absolute Gasteiger partial charge is 0.494 e. The molecule has 7 nitrogen and oxygen atoms in total. The smallest absolute Gasteiger partial charge is 0.266 e. The molecule has 0 unspecified atom stereocenters. The van der Waals surface area contributed by atoms with Gasteiger partial charge in [0.1, 0.15) is 23.3 Å². The van der Waals surface area contributed by atoms with Crippen LogP contribution in [0.25, 0.3) is 0 Å². The van der Waals surface area contributed by atoms with Gasteiger partial charge in [0, 0.05) is 0 Å². The quantitative estimate of drug-likeness (QED) is 0.461. The van der Waals surface area contributed by atoms with Gasteiger partial charge in [0.25, 0.3) is 5.91 Å². The molecule has 3 aliphatic heterocycles. The van der Waals surface area contributed by atoms with Gasteiger partial charge in [0.2, 0.25) is 5.91 Å². The van der Waals surface area contributed by atoms with Crippen molar-refractivity contribution in [2.45, 2.75) is 70.6 Å². The van der Waals surface area contributed by atoms with Crippen LogP contribution in [-0.4, -0.2) is 36.2 Å². The molecule has 0 aromatic heterocycles. The summed E-state index contributed by atoms with van der Waals surface area (Å²) in [5.74, 6) is -0.562. The van der Waals surface area contributed by atoms with Crippen LogP contribution < -0.4 is 14.7 Å². The zero-order chi connectivity index (χ0) is 25.3. The van der Waals surface area contributed by atoms with Crippen LogP contribution in [0.1, 0.15) is 52.9 Å². The first kappa shape index (κ1) is 24.4. The van der Waals surface area contributed by atoms with E-state index in [9.17, 15) is 9.59 Å². The highest BCUT2D eigenvalue weighted by atomic mass is 16.7. The van der Waals surface area contributed by atoms with Crippen molar-refractivity contribution in [3.05, 3.63) is 66.4 Å². The normalized spacial score (nSPS) is 27.6. The van der Waals surface area contributed by atoms with Crippen LogP contribution >= 0.6 is 0 Å². The number of para-hydroxylation sites is 1. The lowest BCUT2D eigenvalue weighted by Gasteiger charge is -2.45. The molecule has 4 atom stereocenters. The Labute approximate surface area is 212 Å². The fourth-order valence-electron chi connectivity index (χ4n) is 5.55. The van der Waals surface area contributed by atoms with Crippen molar-refractivity contribution < 1.29 is 23.9 Å². The fourth-order valence-corrected chi connectivity index (χ4v) is 5.55. The number of hydrogen-bond donors (Lipinski definition) is 0. The van der Waals surface area contributed by atoms with E-state index in [1.165, 1.54) is 10.5 Å². The summed E-state index contributed by atoms with van der Waals surface area (Å²) in [6.07, 6.45) is 5.13. The molecule has 0 radical (unpaired) electrons. The van der Waals surface area contributed by atoms with Crippen LogP contribution in [-0.2, 0) is 19.2 Å². The van der Waals surface area contributed by atoms with E-state index < -0.39 is 23.7 Å². The molecule has 190 valence electrons. The lowest BCUT2D eigenvalue weighted by molar-refractivity contribution is -0.127. The molecule has 2 fully saturated rings. The van der Waals surface area contributed by atoms with E-state index in [2.05, 4.69) is 13.8 Å². The van der Waals surface area contributed by atoms with Gasteiger partial charge < -0.3 is 9.47 Å². The molecule has 36 heavy (non-hydrogen) atoms. The van der Waals surface area contributed by atoms with Crippen molar-refractivity contribution in [3.8, 4) is 5.75 Å². The van der Waals surface area contributed by atoms with E-state index in [1.807, 2.05) is 43.5 Å². The molecule has 0 saturated carbocycles. The number of rotatable bonds is 8. The maximum absolute atomic E-state index is 14.0. The van der Waals surface area contributed by atoms with E-state index >= 15 is 0 Å². The second kappa shape index (κ2) is 9.97. The molecule has 7 heteroatoms. The minimum absolute atomic E-state index is 0.252. The molecule has 2 aromatic rings. The molecule has 3 aliphatic rings. The number of amides is 2. The molecule has 5 rings (SSSR count). The summed E-state index contributed by atoms with van der Waals surface area (Å²) < 4.78 is 12.1. The minimum atomic E-state index is -0.901. The van der Waals surface area contributed by atoms with Gasteiger partial charge in [-0.05, 0) is 74.1 Å². The van der Waals surface area contributed by atoms with Crippen molar-refractivity contribution in [1.29, 1.82) is 0 Å². The number of carbonyl (C=O) groups excluding carboxylic acids is 2. The van der Waals surface area contributed by atoms with Gasteiger partial charge in [-0.15, -0.1) is 0 Å². The average Bonchev–Trinajstić information content (AvgIpc) is 3.44. The molecule has 2 aromatic carbocycles. The van der Waals surface area contributed by atoms with Crippen molar-refractivity contribution in [1.82, 2.24) is 0 Å². The number of allylic oxidation sites excluding steroid dienone is 1. The number of hydrogen-bond acceptors (Lipinski definition) is 6. The van der Waals surface area contributed by atoms with Crippen LogP contribution in [0.4, 0.5) is 11.4 Å². The number of benzene rings is 2. The monoisotopic (exact) mass is 490 g/mol. The molecule has 0 bridgehead atoms. The summed E-state index contributed by atoms with van der Waals surface area (Å²) in [6, 6.07) is 16.3. The van der Waals surface area contributed by atoms with Crippen LogP contribution in [0, 0.1) is 5.92 Å². The highest BCUT2D eigenvalue weighted by molar-refractivity contribution is 6.24. The van der Waals surface area contributed by atoms with Crippen LogP contribution in [0.2, 0.25) is 0 Å². The molecule has 0 spiro atoms. The third-order valence-electron chi connectivity index (χ3n) is 7.62. The Morgan fingerprint density at radius 3 is 2.33 bits per heavy atom. The standard InChI is InChI=1S/C29H34N2O5/c1-4-18-34-23-14-12-21(13-15-23)30-27(32)24-25(28(30)33)36-31(22-10-8-7-9-11-22)26(24)29(6-3)17-16-20(5-2)19-35-29/h7-15,19,24-26H,4-6,16-18H2,1-3H3/t24-,25+,26-,29-/m1/s1. The second-order valence-corrected chi connectivity index (χ2v) is 9.68. The van der Waals surface area contributed by atoms with Gasteiger partial charge in [-0.25, -0.2) is 9.96 Å². The predicted molar refractivity (Wildman–Crippen MR) is 138 cm³/mol. The number of nitrogens with zero attached hydrogens (tertiary/aromatic N) is 2. The van der Waals surface area contributed by atoms with Gasteiger partial charge in [0.15, 0.2) is 6.10 Å². The van der Waals surface area contributed by atoms with Crippen molar-refractivity contribution in [2.24, 2.45) is 5.92 Å². The summed E-state index contributed by atoms with van der Waals surface area (Å²) in [4.78, 5) is 35.2. The molecule has 3 heterocycles. The zero-order valence-electron chi connectivity index (χ0n) is 21.2. The van der Waals surface area contributed by atoms with E-state index in [1.54, 1.807) is 29.3 Å². The maximum atomic E-state index is 14.0. The average molecular weight is 491 g/mol. The molecular weight excluding hydrogens is 456 g/mol. The van der Waals surface area contributed by atoms with E-state index in [-0.39, 0.29) is 11.8 Å². The number of imide groups is 1. The Balaban J connectivity index is 1.51. The Kier molecular flexibility index (Phi) is 6.75. The molecule has 0 N–H and O–H groups in total. The molecule has 0 aliphatic carbocycles. The highest BCUT2D eigenvalue weighted by Crippen LogP contribution is 2.49. The summed E-state index contributed by atoms with van der Waals surface area (Å²) in [5, 5.41) is 1.76. The Morgan fingerprint density at radius 2 is 1.72 bits per heavy atom. The fraction of sp³-hybridized carbons (Fsp3) is 0.448. The third kappa shape index (κ3) is 4.05. The maximum Gasteiger partial charge on any atom is 0.266 e. The Bertz CT molecular complexity index is 1130. The van der Waals surface area contributed by atoms with Gasteiger partial charge in [-0.2, -0.15) is 0 Å². The van der Waals surface area contributed by atoms with Gasteiger partial charge in [-0.1, -0.05) is 39.0 Å². The minimum Gasteiger partial charge on any atom is -0.494 e. The molecule has 2 amide bonds. The van der Waals surface area contributed by atoms with Crippen molar-refractivity contribution in [3.63, 3.8) is 0 Å². The highest BCUT2D eigenvalue weighted by Gasteiger charge is 2.65. The number of fused-ring (bicyclic) bond motifs is 1. The number of ether oxygens (including phenoxy) is 2. The zero-order valence-corrected chi connectivity index (χ0v) is 21.2. The summed E-state index contributed by atoms with van der Waals surface area (Å²) in [7, 11) is 0. The van der Waals surface area contributed by atoms with E-state index in [4.69, 9.17) is 14.3 Å². The van der Waals surface area contributed by atoms with Crippen molar-refractivity contribution in [2.75, 3.05) is 16.6 Å². The SMILES string of the molecule is CCCOc1ccc(N2C(=O)[C@@H]3[C@H](ON(c4ccccc4)[C@H]3[C@@]3(CC)CCC(CC)=CO3)C2=O)cc1. The number of anilines is 2. The van der Waals surface area contributed by atoms with Gasteiger partial charge in [-0.3, -0.25) is 14.4 Å².